The highest BCUT2D eigenvalue weighted by Gasteiger charge is 2.22. The molecule has 1 fully saturated rings. The van der Waals surface area contributed by atoms with Gasteiger partial charge in [-0.2, -0.15) is 5.26 Å². The lowest BCUT2D eigenvalue weighted by molar-refractivity contribution is -0.211. The van der Waals surface area contributed by atoms with Crippen molar-refractivity contribution in [1.82, 2.24) is 9.80 Å². The summed E-state index contributed by atoms with van der Waals surface area (Å²) in [4.78, 5) is 37.4. The van der Waals surface area contributed by atoms with Crippen LogP contribution in [0.25, 0.3) is 0 Å². The Hall–Kier alpha value is -3.08. The Kier molecular flexibility index (Phi) is 7.28. The van der Waals surface area contributed by atoms with Crippen LogP contribution in [0.2, 0.25) is 5.02 Å². The molecule has 0 atom stereocenters. The van der Waals surface area contributed by atoms with Gasteiger partial charge in [-0.05, 0) is 35.9 Å². The zero-order valence-electron chi connectivity index (χ0n) is 16.6. The summed E-state index contributed by atoms with van der Waals surface area (Å²) in [5.41, 5.74) is 2.28. The van der Waals surface area contributed by atoms with Gasteiger partial charge >= 0.3 is 5.97 Å². The van der Waals surface area contributed by atoms with Crippen LogP contribution in [0.1, 0.15) is 23.6 Å². The summed E-state index contributed by atoms with van der Waals surface area (Å²) in [5, 5.41) is 9.43. The number of carbonyl (C=O) groups excluding carboxylic acids is 2. The predicted octanol–water partition coefficient (Wildman–Crippen LogP) is 2.96. The Labute approximate surface area is 180 Å². The van der Waals surface area contributed by atoms with Gasteiger partial charge in [-0.15, -0.1) is 0 Å². The number of nitrogens with zero attached hydrogens (tertiary/aromatic N) is 3. The lowest BCUT2D eigenvalue weighted by Gasteiger charge is -2.35. The van der Waals surface area contributed by atoms with E-state index in [2.05, 4.69) is 15.9 Å². The summed E-state index contributed by atoms with van der Waals surface area (Å²) in [6, 6.07) is 14.3. The molecule has 0 aliphatic carbocycles. The van der Waals surface area contributed by atoms with Crippen molar-refractivity contribution in [3.8, 4) is 11.8 Å². The van der Waals surface area contributed by atoms with Crippen molar-refractivity contribution in [2.45, 2.75) is 19.9 Å². The molecule has 1 saturated heterocycles. The van der Waals surface area contributed by atoms with Gasteiger partial charge in [-0.1, -0.05) is 23.7 Å². The van der Waals surface area contributed by atoms with Gasteiger partial charge in [0.05, 0.1) is 18.1 Å². The van der Waals surface area contributed by atoms with Crippen molar-refractivity contribution in [1.29, 1.82) is 5.26 Å². The molecular weight excluding hydrogens is 406 g/mol. The fourth-order valence-electron chi connectivity index (χ4n) is 3.24. The molecule has 0 N–H and O–H groups in total. The molecule has 156 valence electrons. The van der Waals surface area contributed by atoms with Crippen LogP contribution in [-0.2, 0) is 27.4 Å². The Morgan fingerprint density at radius 2 is 1.80 bits per heavy atom. The molecule has 7 nitrogen and oxygen atoms in total. The van der Waals surface area contributed by atoms with Gasteiger partial charge in [-0.3, -0.25) is 19.5 Å². The molecule has 0 spiro atoms. The molecule has 0 bridgehead atoms. The van der Waals surface area contributed by atoms with Crippen LogP contribution in [0.5, 0.6) is 5.75 Å². The number of nitriles is 1. The van der Waals surface area contributed by atoms with Gasteiger partial charge in [0.25, 0.3) is 0 Å². The third kappa shape index (κ3) is 5.96. The molecule has 0 radical (unpaired) electrons. The molecule has 8 heteroatoms. The molecule has 2 aromatic rings. The second kappa shape index (κ2) is 10.1. The van der Waals surface area contributed by atoms with Crippen molar-refractivity contribution in [3.05, 3.63) is 64.2 Å². The van der Waals surface area contributed by atoms with E-state index >= 15 is 0 Å². The summed E-state index contributed by atoms with van der Waals surface area (Å²) in [5.74, 6) is -0.0276. The minimum atomic E-state index is -0.537. The first-order valence-corrected chi connectivity index (χ1v) is 9.95. The van der Waals surface area contributed by atoms with E-state index in [9.17, 15) is 9.59 Å². The summed E-state index contributed by atoms with van der Waals surface area (Å²) in [6.45, 7) is 4.49. The number of hydrogen-bond acceptors (Lipinski definition) is 6. The molecule has 1 heterocycles. The lowest BCUT2D eigenvalue weighted by atomic mass is 10.1. The highest BCUT2D eigenvalue weighted by molar-refractivity contribution is 6.30. The first-order chi connectivity index (χ1) is 14.4. The Morgan fingerprint density at radius 3 is 2.43 bits per heavy atom. The summed E-state index contributed by atoms with van der Waals surface area (Å²) < 4.78 is 0. The van der Waals surface area contributed by atoms with E-state index in [0.29, 0.717) is 55.5 Å². The maximum atomic E-state index is 12.6. The van der Waals surface area contributed by atoms with E-state index in [0.717, 1.165) is 11.1 Å². The van der Waals surface area contributed by atoms with Gasteiger partial charge in [0.2, 0.25) is 5.91 Å². The smallest absolute Gasteiger partial charge is 0.340 e. The van der Waals surface area contributed by atoms with Gasteiger partial charge in [0.1, 0.15) is 0 Å². The Bertz CT molecular complexity index is 948. The number of piperazine rings is 1. The van der Waals surface area contributed by atoms with E-state index in [4.69, 9.17) is 21.8 Å². The minimum absolute atomic E-state index is 0.0704. The Morgan fingerprint density at radius 1 is 1.10 bits per heavy atom. The average Bonchev–Trinajstić information content (AvgIpc) is 2.74. The first kappa shape index (κ1) is 21.6. The maximum Gasteiger partial charge on any atom is 0.352 e. The van der Waals surface area contributed by atoms with E-state index < -0.39 is 5.97 Å². The van der Waals surface area contributed by atoms with E-state index in [1.807, 2.05) is 17.0 Å². The standard InChI is InChI=1S/C22H22ClN3O4/c1-16(27)29-30-21-7-6-20(23)13-19(21)15-25-8-10-26(11-9-25)22(28)12-17-2-4-18(14-24)5-3-17/h2-7,13H,8-12,15H2,1H3. The third-order valence-electron chi connectivity index (χ3n) is 4.83. The number of hydrogen-bond donors (Lipinski definition) is 0. The van der Waals surface area contributed by atoms with E-state index in [1.54, 1.807) is 30.3 Å². The van der Waals surface area contributed by atoms with Gasteiger partial charge < -0.3 is 4.90 Å². The van der Waals surface area contributed by atoms with Crippen LogP contribution < -0.4 is 4.89 Å². The second-order valence-electron chi connectivity index (χ2n) is 7.05. The lowest BCUT2D eigenvalue weighted by Crippen LogP contribution is -2.48. The molecule has 2 aromatic carbocycles. The molecule has 0 saturated carbocycles. The molecular formula is C22H22ClN3O4. The highest BCUT2D eigenvalue weighted by Crippen LogP contribution is 2.25. The van der Waals surface area contributed by atoms with Gasteiger partial charge in [0, 0.05) is 50.2 Å². The van der Waals surface area contributed by atoms with Crippen LogP contribution in [-0.4, -0.2) is 47.9 Å². The van der Waals surface area contributed by atoms with Gasteiger partial charge in [0.15, 0.2) is 5.75 Å². The SMILES string of the molecule is CC(=O)OOc1ccc(Cl)cc1CN1CCN(C(=O)Cc2ccc(C#N)cc2)CC1. The van der Waals surface area contributed by atoms with Crippen LogP contribution in [0.15, 0.2) is 42.5 Å². The topological polar surface area (TPSA) is 82.9 Å². The summed E-state index contributed by atoms with van der Waals surface area (Å²) in [6.07, 6.45) is 0.320. The normalized spacial score (nSPS) is 14.1. The fraction of sp³-hybridized carbons (Fsp3) is 0.318. The molecule has 30 heavy (non-hydrogen) atoms. The van der Waals surface area contributed by atoms with Crippen molar-refractivity contribution in [2.24, 2.45) is 0 Å². The molecule has 1 amide bonds. The molecule has 1 aliphatic heterocycles. The van der Waals surface area contributed by atoms with Crippen molar-refractivity contribution < 1.29 is 19.4 Å². The van der Waals surface area contributed by atoms with E-state index in [1.165, 1.54) is 6.92 Å². The van der Waals surface area contributed by atoms with Crippen molar-refractivity contribution >= 4 is 23.5 Å². The number of carbonyl (C=O) groups is 2. The zero-order valence-corrected chi connectivity index (χ0v) is 17.4. The predicted molar refractivity (Wildman–Crippen MR) is 111 cm³/mol. The van der Waals surface area contributed by atoms with Crippen LogP contribution in [0.3, 0.4) is 0 Å². The molecule has 1 aliphatic rings. The number of benzene rings is 2. The van der Waals surface area contributed by atoms with Crippen LogP contribution in [0, 0.1) is 11.3 Å². The van der Waals surface area contributed by atoms with Crippen molar-refractivity contribution in [2.75, 3.05) is 26.2 Å². The largest absolute Gasteiger partial charge is 0.352 e. The average molecular weight is 428 g/mol. The van der Waals surface area contributed by atoms with Crippen molar-refractivity contribution in [3.63, 3.8) is 0 Å². The van der Waals surface area contributed by atoms with Crippen LogP contribution in [0.4, 0.5) is 0 Å². The fourth-order valence-corrected chi connectivity index (χ4v) is 3.43. The number of amides is 1. The highest BCUT2D eigenvalue weighted by atomic mass is 35.5. The van der Waals surface area contributed by atoms with E-state index in [-0.39, 0.29) is 5.91 Å². The third-order valence-corrected chi connectivity index (χ3v) is 5.06. The molecule has 3 rings (SSSR count). The monoisotopic (exact) mass is 427 g/mol. The molecule has 0 aromatic heterocycles. The zero-order chi connectivity index (χ0) is 21.5. The summed E-state index contributed by atoms with van der Waals surface area (Å²) >= 11 is 6.11. The minimum Gasteiger partial charge on any atom is -0.340 e. The molecule has 0 unspecified atom stereocenters. The summed E-state index contributed by atoms with van der Waals surface area (Å²) in [7, 11) is 0. The van der Waals surface area contributed by atoms with Gasteiger partial charge in [-0.25, -0.2) is 4.79 Å². The second-order valence-corrected chi connectivity index (χ2v) is 7.49. The number of rotatable bonds is 6. The number of halogens is 1. The van der Waals surface area contributed by atoms with Crippen LogP contribution >= 0.6 is 11.6 Å². The maximum absolute atomic E-state index is 12.6. The quantitative estimate of drug-likeness (QED) is 0.520. The Balaban J connectivity index is 1.54. The first-order valence-electron chi connectivity index (χ1n) is 9.57.